The molecule has 0 bridgehead atoms. The molecule has 0 radical (unpaired) electrons. The second kappa shape index (κ2) is 11.9. The number of aromatic nitrogens is 1. The third kappa shape index (κ3) is 4.82. The van der Waals surface area contributed by atoms with E-state index in [0.29, 0.717) is 6.54 Å². The number of nitrogens with zero attached hydrogens (tertiary/aromatic N) is 2. The molecule has 1 unspecified atom stereocenters. The Kier molecular flexibility index (Phi) is 7.15. The summed E-state index contributed by atoms with van der Waals surface area (Å²) in [5, 5.41) is 10.2. The van der Waals surface area contributed by atoms with E-state index in [1.165, 1.54) is 53.1 Å². The summed E-state index contributed by atoms with van der Waals surface area (Å²) in [6.07, 6.45) is 6.47. The summed E-state index contributed by atoms with van der Waals surface area (Å²) >= 11 is 1.94. The van der Waals surface area contributed by atoms with Gasteiger partial charge in [0.1, 0.15) is 12.0 Å². The lowest BCUT2D eigenvalue weighted by Gasteiger charge is -2.18. The predicted molar refractivity (Wildman–Crippen MR) is 204 cm³/mol. The highest BCUT2D eigenvalue weighted by Crippen LogP contribution is 2.48. The number of hydrogen-bond acceptors (Lipinski definition) is 3. The van der Waals surface area contributed by atoms with Crippen LogP contribution in [0.15, 0.2) is 145 Å². The average Bonchev–Trinajstić information content (AvgIpc) is 3.71. The van der Waals surface area contributed by atoms with Crippen LogP contribution in [0, 0.1) is 0 Å². The Labute approximate surface area is 283 Å². The van der Waals surface area contributed by atoms with Crippen molar-refractivity contribution in [3.05, 3.63) is 167 Å². The van der Waals surface area contributed by atoms with E-state index in [0.717, 1.165) is 41.1 Å². The van der Waals surface area contributed by atoms with Crippen LogP contribution in [0.25, 0.3) is 54.4 Å². The Morgan fingerprint density at radius 1 is 0.750 bits per heavy atom. The number of nitrogens with one attached hydrogen (secondary N) is 1. The van der Waals surface area contributed by atoms with Gasteiger partial charge in [-0.25, -0.2) is 0 Å². The maximum atomic E-state index is 6.58. The molecular weight excluding hydrogens is 605 g/mol. The first-order valence-electron chi connectivity index (χ1n) is 16.6. The molecule has 1 atom stereocenters. The fraction of sp³-hybridized carbons (Fsp3) is 0.0930. The number of rotatable bonds is 6. The van der Waals surface area contributed by atoms with Crippen LogP contribution in [-0.4, -0.2) is 10.4 Å². The van der Waals surface area contributed by atoms with E-state index in [1.54, 1.807) is 0 Å². The van der Waals surface area contributed by atoms with Crippen molar-refractivity contribution in [3.8, 4) is 5.69 Å². The van der Waals surface area contributed by atoms with Crippen molar-refractivity contribution in [2.45, 2.75) is 25.6 Å². The summed E-state index contributed by atoms with van der Waals surface area (Å²) in [7, 11) is 0. The lowest BCUT2D eigenvalue weighted by atomic mass is 9.94. The molecule has 232 valence electrons. The summed E-state index contributed by atoms with van der Waals surface area (Å²) in [5.41, 5.74) is 14.9. The van der Waals surface area contributed by atoms with Crippen LogP contribution in [0.5, 0.6) is 0 Å². The van der Waals surface area contributed by atoms with E-state index in [9.17, 15) is 0 Å². The molecule has 8 aromatic rings. The van der Waals surface area contributed by atoms with Crippen LogP contribution in [0.4, 0.5) is 0 Å². The van der Waals surface area contributed by atoms with Gasteiger partial charge in [-0.15, -0.1) is 11.3 Å². The summed E-state index contributed by atoms with van der Waals surface area (Å²) in [6, 6.07) is 47.0. The van der Waals surface area contributed by atoms with Crippen molar-refractivity contribution in [2.75, 3.05) is 0 Å². The van der Waals surface area contributed by atoms with Crippen molar-refractivity contribution in [1.82, 2.24) is 9.88 Å². The van der Waals surface area contributed by atoms with E-state index in [-0.39, 0.29) is 6.17 Å². The molecule has 48 heavy (non-hydrogen) atoms. The molecule has 3 N–H and O–H groups in total. The van der Waals surface area contributed by atoms with E-state index in [1.807, 2.05) is 59.9 Å². The van der Waals surface area contributed by atoms with Gasteiger partial charge in [0.2, 0.25) is 0 Å². The van der Waals surface area contributed by atoms with Gasteiger partial charge in [0.05, 0.1) is 22.3 Å². The van der Waals surface area contributed by atoms with Gasteiger partial charge in [0.25, 0.3) is 0 Å². The molecule has 2 heterocycles. The van der Waals surface area contributed by atoms with Gasteiger partial charge >= 0.3 is 0 Å². The minimum atomic E-state index is -0.367. The lowest BCUT2D eigenvalue weighted by Crippen LogP contribution is -2.34. The molecule has 1 aliphatic rings. The number of fused-ring (bicyclic) bond motifs is 10. The molecule has 1 aliphatic carbocycles. The maximum absolute atomic E-state index is 6.58. The second-order valence-electron chi connectivity index (χ2n) is 12.4. The Bertz CT molecular complexity index is 2500. The number of hydrogen-bond donors (Lipinski definition) is 2. The Morgan fingerprint density at radius 3 is 2.19 bits per heavy atom. The zero-order chi connectivity index (χ0) is 32.0. The number of para-hydroxylation sites is 1. The van der Waals surface area contributed by atoms with Gasteiger partial charge in [-0.05, 0) is 64.6 Å². The third-order valence-electron chi connectivity index (χ3n) is 9.54. The fourth-order valence-corrected chi connectivity index (χ4v) is 8.61. The standard InChI is InChI=1S/C43H34N4S/c44-42(29-13-3-1-4-14-29)46-43(30-15-5-2-6-16-30)45-27-28-23-25-31(26-24-28)47-36-21-11-9-19-34(36)38-32-17-7-8-18-33(32)39-35-20-10-12-22-37(35)48-41(39)40(38)47/h1-9,11-19,21-26,42H,10,20,27,44H2,(H,45,46). The topological polar surface area (TPSA) is 55.3 Å². The Hall–Kier alpha value is -5.49. The summed E-state index contributed by atoms with van der Waals surface area (Å²) in [4.78, 5) is 6.45. The number of nitrogens with two attached hydrogens (primary N) is 1. The molecule has 9 rings (SSSR count). The highest BCUT2D eigenvalue weighted by Gasteiger charge is 2.23. The van der Waals surface area contributed by atoms with Crippen LogP contribution in [-0.2, 0) is 13.0 Å². The van der Waals surface area contributed by atoms with E-state index in [2.05, 4.69) is 107 Å². The van der Waals surface area contributed by atoms with Gasteiger partial charge < -0.3 is 15.6 Å². The second-order valence-corrected chi connectivity index (χ2v) is 13.5. The first-order valence-corrected chi connectivity index (χ1v) is 17.4. The zero-order valence-corrected chi connectivity index (χ0v) is 27.3. The molecule has 0 saturated heterocycles. The predicted octanol–water partition coefficient (Wildman–Crippen LogP) is 10.3. The molecule has 0 aliphatic heterocycles. The number of allylic oxidation sites excluding steroid dienone is 1. The molecular formula is C43H34N4S. The van der Waals surface area contributed by atoms with Crippen LogP contribution >= 0.6 is 11.3 Å². The van der Waals surface area contributed by atoms with Gasteiger partial charge in [-0.3, -0.25) is 4.99 Å². The van der Waals surface area contributed by atoms with Crippen LogP contribution < -0.4 is 11.1 Å². The van der Waals surface area contributed by atoms with Crippen molar-refractivity contribution >= 4 is 65.9 Å². The molecule has 6 aromatic carbocycles. The number of aryl methyl sites for hydroxylation is 1. The minimum absolute atomic E-state index is 0.367. The van der Waals surface area contributed by atoms with Gasteiger partial charge in [0, 0.05) is 32.3 Å². The first kappa shape index (κ1) is 28.7. The van der Waals surface area contributed by atoms with Crippen molar-refractivity contribution in [2.24, 2.45) is 10.7 Å². The normalized spacial score (nSPS) is 13.8. The quantitative estimate of drug-likeness (QED) is 0.108. The molecule has 2 aromatic heterocycles. The summed E-state index contributed by atoms with van der Waals surface area (Å²) < 4.78 is 3.85. The van der Waals surface area contributed by atoms with Crippen LogP contribution in [0.2, 0.25) is 0 Å². The number of benzene rings is 6. The molecule has 0 fully saturated rings. The van der Waals surface area contributed by atoms with Crippen molar-refractivity contribution < 1.29 is 0 Å². The van der Waals surface area contributed by atoms with Gasteiger partial charge in [-0.2, -0.15) is 0 Å². The smallest absolute Gasteiger partial charge is 0.130 e. The van der Waals surface area contributed by atoms with Gasteiger partial charge in [0.15, 0.2) is 0 Å². The van der Waals surface area contributed by atoms with Crippen molar-refractivity contribution in [1.29, 1.82) is 0 Å². The molecule has 0 spiro atoms. The largest absolute Gasteiger partial charge is 0.351 e. The Morgan fingerprint density at radius 2 is 1.42 bits per heavy atom. The maximum Gasteiger partial charge on any atom is 0.130 e. The monoisotopic (exact) mass is 638 g/mol. The Balaban J connectivity index is 1.15. The summed E-state index contributed by atoms with van der Waals surface area (Å²) in [6.45, 7) is 0.533. The number of aliphatic imine (C=N–C) groups is 1. The SMILES string of the molecule is NC(N/C(=N\Cc1ccc(-n2c3ccccc3c3c4ccccc4c4c5c(sc4c32)C=CCC5)cc1)c1ccccc1)c1ccccc1. The van der Waals surface area contributed by atoms with Crippen molar-refractivity contribution in [3.63, 3.8) is 0 Å². The van der Waals surface area contributed by atoms with Crippen LogP contribution in [0.1, 0.15) is 39.7 Å². The third-order valence-corrected chi connectivity index (χ3v) is 10.7. The highest BCUT2D eigenvalue weighted by molar-refractivity contribution is 7.21. The fourth-order valence-electron chi connectivity index (χ4n) is 7.28. The molecule has 0 amide bonds. The number of thiophene rings is 1. The molecule has 0 saturated carbocycles. The van der Waals surface area contributed by atoms with Crippen LogP contribution in [0.3, 0.4) is 0 Å². The highest BCUT2D eigenvalue weighted by atomic mass is 32.1. The van der Waals surface area contributed by atoms with E-state index >= 15 is 0 Å². The van der Waals surface area contributed by atoms with E-state index < -0.39 is 0 Å². The zero-order valence-electron chi connectivity index (χ0n) is 26.4. The first-order chi connectivity index (χ1) is 23.7. The molecule has 5 heteroatoms. The van der Waals surface area contributed by atoms with Gasteiger partial charge in [-0.1, -0.05) is 121 Å². The summed E-state index contributed by atoms with van der Waals surface area (Å²) in [5.74, 6) is 0.781. The van der Waals surface area contributed by atoms with E-state index in [4.69, 9.17) is 10.7 Å². The minimum Gasteiger partial charge on any atom is -0.351 e. The lowest BCUT2D eigenvalue weighted by molar-refractivity contribution is 0.679. The molecule has 4 nitrogen and oxygen atoms in total. The number of amidine groups is 1. The average molecular weight is 639 g/mol.